The second kappa shape index (κ2) is 6.57. The van der Waals surface area contributed by atoms with Crippen molar-refractivity contribution in [2.24, 2.45) is 0 Å². The Morgan fingerprint density at radius 2 is 1.81 bits per heavy atom. The van der Waals surface area contributed by atoms with Gasteiger partial charge < -0.3 is 4.90 Å². The molecule has 96 valence electrons. The van der Waals surface area contributed by atoms with Crippen molar-refractivity contribution < 1.29 is 8.42 Å². The highest BCUT2D eigenvalue weighted by Crippen LogP contribution is 2.08. The average molecular weight is 248 g/mol. The monoisotopic (exact) mass is 248 g/mol. The lowest BCUT2D eigenvalue weighted by Crippen LogP contribution is -2.35. The first-order chi connectivity index (χ1) is 7.52. The summed E-state index contributed by atoms with van der Waals surface area (Å²) in [4.78, 5) is 2.42. The molecule has 5 heteroatoms. The summed E-state index contributed by atoms with van der Waals surface area (Å²) in [7, 11) is -3.07. The van der Waals surface area contributed by atoms with Gasteiger partial charge >= 0.3 is 0 Å². The highest BCUT2D eigenvalue weighted by Gasteiger charge is 2.15. The van der Waals surface area contributed by atoms with E-state index in [0.29, 0.717) is 6.54 Å². The van der Waals surface area contributed by atoms with Gasteiger partial charge in [-0.1, -0.05) is 6.42 Å². The highest BCUT2D eigenvalue weighted by atomic mass is 32.2. The number of hydrogen-bond donors (Lipinski definition) is 1. The van der Waals surface area contributed by atoms with E-state index in [4.69, 9.17) is 0 Å². The zero-order chi connectivity index (χ0) is 12.0. The fraction of sp³-hybridized carbons (Fsp3) is 1.00. The lowest BCUT2D eigenvalue weighted by Gasteiger charge is -2.26. The molecule has 0 unspecified atom stereocenters. The molecule has 0 radical (unpaired) electrons. The first-order valence-electron chi connectivity index (χ1n) is 6.23. The zero-order valence-electron chi connectivity index (χ0n) is 10.4. The van der Waals surface area contributed by atoms with E-state index in [2.05, 4.69) is 9.62 Å². The van der Waals surface area contributed by atoms with E-state index >= 15 is 0 Å². The van der Waals surface area contributed by atoms with Crippen LogP contribution in [0, 0.1) is 0 Å². The summed E-state index contributed by atoms with van der Waals surface area (Å²) >= 11 is 0. The summed E-state index contributed by atoms with van der Waals surface area (Å²) in [6, 6.07) is 0. The Balaban J connectivity index is 2.11. The molecule has 0 amide bonds. The minimum Gasteiger partial charge on any atom is -0.303 e. The Bertz CT molecular complexity index is 282. The summed E-state index contributed by atoms with van der Waals surface area (Å²) < 4.78 is 25.6. The smallest absolute Gasteiger partial charge is 0.213 e. The minimum atomic E-state index is -3.07. The number of nitrogens with one attached hydrogen (secondary N) is 1. The molecule has 1 fully saturated rings. The number of hydrogen-bond acceptors (Lipinski definition) is 3. The molecule has 0 spiro atoms. The lowest BCUT2D eigenvalue weighted by molar-refractivity contribution is 0.227. The maximum Gasteiger partial charge on any atom is 0.213 e. The van der Waals surface area contributed by atoms with E-state index in [9.17, 15) is 8.42 Å². The maximum absolute atomic E-state index is 11.5. The van der Waals surface area contributed by atoms with Crippen molar-refractivity contribution in [3.05, 3.63) is 0 Å². The van der Waals surface area contributed by atoms with Gasteiger partial charge in [-0.3, -0.25) is 0 Å². The number of likely N-dealkylation sites (tertiary alicyclic amines) is 1. The van der Waals surface area contributed by atoms with Gasteiger partial charge in [0.15, 0.2) is 0 Å². The SMILES string of the molecule is CC(C)S(=O)(=O)NCCCN1CCCCC1. The molecule has 0 aliphatic carbocycles. The van der Waals surface area contributed by atoms with Crippen LogP contribution >= 0.6 is 0 Å². The van der Waals surface area contributed by atoms with Crippen molar-refractivity contribution in [1.82, 2.24) is 9.62 Å². The lowest BCUT2D eigenvalue weighted by atomic mass is 10.1. The van der Waals surface area contributed by atoms with Crippen LogP contribution in [0.1, 0.15) is 39.5 Å². The molecule has 1 aliphatic rings. The normalized spacial score (nSPS) is 19.2. The Morgan fingerprint density at radius 1 is 1.19 bits per heavy atom. The third-order valence-electron chi connectivity index (χ3n) is 3.02. The first kappa shape index (κ1) is 13.9. The van der Waals surface area contributed by atoms with Gasteiger partial charge in [-0.2, -0.15) is 0 Å². The molecular weight excluding hydrogens is 224 g/mol. The standard InChI is InChI=1S/C11H24N2O2S/c1-11(2)16(14,15)12-7-6-10-13-8-4-3-5-9-13/h11-12H,3-10H2,1-2H3. The van der Waals surface area contributed by atoms with Crippen LogP contribution in [0.2, 0.25) is 0 Å². The molecule has 0 aromatic rings. The van der Waals surface area contributed by atoms with Gasteiger partial charge in [-0.05, 0) is 52.7 Å². The molecule has 1 aliphatic heterocycles. The molecule has 1 N–H and O–H groups in total. The van der Waals surface area contributed by atoms with Gasteiger partial charge in [0.2, 0.25) is 10.0 Å². The second-order valence-corrected chi connectivity index (χ2v) is 7.07. The Kier molecular flexibility index (Phi) is 5.72. The minimum absolute atomic E-state index is 0.331. The highest BCUT2D eigenvalue weighted by molar-refractivity contribution is 7.90. The van der Waals surface area contributed by atoms with Gasteiger partial charge in [0.1, 0.15) is 0 Å². The van der Waals surface area contributed by atoms with E-state index in [1.54, 1.807) is 13.8 Å². The molecule has 16 heavy (non-hydrogen) atoms. The van der Waals surface area contributed by atoms with E-state index < -0.39 is 10.0 Å². The molecule has 0 aromatic heterocycles. The predicted octanol–water partition coefficient (Wildman–Crippen LogP) is 1.19. The van der Waals surface area contributed by atoms with Crippen molar-refractivity contribution in [3.63, 3.8) is 0 Å². The van der Waals surface area contributed by atoms with Crippen molar-refractivity contribution in [2.45, 2.75) is 44.8 Å². The molecular formula is C11H24N2O2S. The number of nitrogens with zero attached hydrogens (tertiary/aromatic N) is 1. The Hall–Kier alpha value is -0.130. The second-order valence-electron chi connectivity index (χ2n) is 4.74. The molecule has 1 heterocycles. The van der Waals surface area contributed by atoms with Gasteiger partial charge in [-0.15, -0.1) is 0 Å². The third-order valence-corrected chi connectivity index (χ3v) is 4.87. The summed E-state index contributed by atoms with van der Waals surface area (Å²) in [6.45, 7) is 7.34. The quantitative estimate of drug-likeness (QED) is 0.718. The number of sulfonamides is 1. The molecule has 0 aromatic carbocycles. The third kappa shape index (κ3) is 4.80. The van der Waals surface area contributed by atoms with Crippen molar-refractivity contribution in [2.75, 3.05) is 26.2 Å². The number of piperidine rings is 1. The molecule has 0 atom stereocenters. The van der Waals surface area contributed by atoms with E-state index in [0.717, 1.165) is 13.0 Å². The zero-order valence-corrected chi connectivity index (χ0v) is 11.2. The largest absolute Gasteiger partial charge is 0.303 e. The molecule has 1 saturated heterocycles. The van der Waals surface area contributed by atoms with E-state index in [1.165, 1.54) is 32.4 Å². The van der Waals surface area contributed by atoms with Crippen LogP contribution in [-0.4, -0.2) is 44.7 Å². The van der Waals surface area contributed by atoms with Crippen LogP contribution in [0.25, 0.3) is 0 Å². The van der Waals surface area contributed by atoms with Gasteiger partial charge in [-0.25, -0.2) is 13.1 Å². The topological polar surface area (TPSA) is 49.4 Å². The van der Waals surface area contributed by atoms with Crippen LogP contribution in [0.3, 0.4) is 0 Å². The van der Waals surface area contributed by atoms with Crippen LogP contribution in [0.4, 0.5) is 0 Å². The van der Waals surface area contributed by atoms with Crippen LogP contribution in [0.15, 0.2) is 0 Å². The molecule has 1 rings (SSSR count). The molecule has 0 saturated carbocycles. The summed E-state index contributed by atoms with van der Waals surface area (Å²) in [5.41, 5.74) is 0. The fourth-order valence-corrected chi connectivity index (χ4v) is 2.63. The number of rotatable bonds is 6. The van der Waals surface area contributed by atoms with Crippen molar-refractivity contribution in [1.29, 1.82) is 0 Å². The molecule has 4 nitrogen and oxygen atoms in total. The Labute approximate surface area is 99.5 Å². The fourth-order valence-electron chi connectivity index (χ4n) is 1.87. The van der Waals surface area contributed by atoms with Crippen LogP contribution < -0.4 is 4.72 Å². The van der Waals surface area contributed by atoms with Gasteiger partial charge in [0, 0.05) is 6.54 Å². The summed E-state index contributed by atoms with van der Waals surface area (Å²) in [5, 5.41) is -0.331. The van der Waals surface area contributed by atoms with Crippen molar-refractivity contribution in [3.8, 4) is 0 Å². The summed E-state index contributed by atoms with van der Waals surface area (Å²) in [5.74, 6) is 0. The first-order valence-corrected chi connectivity index (χ1v) is 7.78. The van der Waals surface area contributed by atoms with Gasteiger partial charge in [0.05, 0.1) is 5.25 Å². The Morgan fingerprint density at radius 3 is 2.38 bits per heavy atom. The van der Waals surface area contributed by atoms with E-state index in [1.807, 2.05) is 0 Å². The molecule has 0 bridgehead atoms. The maximum atomic E-state index is 11.5. The average Bonchev–Trinajstić information content (AvgIpc) is 2.26. The predicted molar refractivity (Wildman–Crippen MR) is 67.0 cm³/mol. The van der Waals surface area contributed by atoms with Crippen LogP contribution in [-0.2, 0) is 10.0 Å². The summed E-state index contributed by atoms with van der Waals surface area (Å²) in [6.07, 6.45) is 4.83. The van der Waals surface area contributed by atoms with Gasteiger partial charge in [0.25, 0.3) is 0 Å². The van der Waals surface area contributed by atoms with E-state index in [-0.39, 0.29) is 5.25 Å². The van der Waals surface area contributed by atoms with Crippen molar-refractivity contribution >= 4 is 10.0 Å². The van der Waals surface area contributed by atoms with Crippen LogP contribution in [0.5, 0.6) is 0 Å².